The quantitative estimate of drug-likeness (QED) is 0.505. The summed E-state index contributed by atoms with van der Waals surface area (Å²) in [7, 11) is 0. The number of hydrogen-bond acceptors (Lipinski definition) is 6. The van der Waals surface area contributed by atoms with Gasteiger partial charge in [0.25, 0.3) is 0 Å². The van der Waals surface area contributed by atoms with Gasteiger partial charge in [0.2, 0.25) is 5.79 Å². The van der Waals surface area contributed by atoms with Crippen molar-refractivity contribution in [3.63, 3.8) is 0 Å². The van der Waals surface area contributed by atoms with Gasteiger partial charge in [0.15, 0.2) is 0 Å². The van der Waals surface area contributed by atoms with Gasteiger partial charge in [-0.15, -0.1) is 0 Å². The van der Waals surface area contributed by atoms with Crippen molar-refractivity contribution in [3.05, 3.63) is 46.4 Å². The zero-order valence-electron chi connectivity index (χ0n) is 12.9. The Morgan fingerprint density at radius 3 is 2.52 bits per heavy atom. The fourth-order valence-electron chi connectivity index (χ4n) is 2.73. The van der Waals surface area contributed by atoms with Gasteiger partial charge in [-0.1, -0.05) is 34.1 Å². The zero-order valence-corrected chi connectivity index (χ0v) is 13.5. The van der Waals surface area contributed by atoms with E-state index in [2.05, 4.69) is 15.9 Å². The smallest absolute Gasteiger partial charge is 0.222 e. The molecule has 124 valence electrons. The minimum absolute atomic E-state index is 0.0609. The lowest BCUT2D eigenvalue weighted by Crippen LogP contribution is -2.63. The van der Waals surface area contributed by atoms with Crippen LogP contribution in [-0.4, -0.2) is 56.6 Å². The second-order valence-corrected chi connectivity index (χ2v) is 6.48. The van der Waals surface area contributed by atoms with Crippen molar-refractivity contribution < 1.29 is 31.6 Å². The lowest BCUT2D eigenvalue weighted by atomic mass is 9.87. The molecule has 1 fully saturated rings. The van der Waals surface area contributed by atoms with Crippen LogP contribution in [0.15, 0.2) is 40.8 Å². The number of halogens is 1. The number of aliphatic hydroxyl groups is 5. The monoisotopic (exact) mass is 385 g/mol. The first-order valence-electron chi connectivity index (χ1n) is 7.54. The summed E-state index contributed by atoms with van der Waals surface area (Å²) < 4.78 is 14.4. The minimum Gasteiger partial charge on any atom is -0.394 e. The molecule has 0 aromatic heterocycles. The van der Waals surface area contributed by atoms with E-state index in [-0.39, 0.29) is 11.6 Å². The summed E-state index contributed by atoms with van der Waals surface area (Å²) in [5, 5.41) is 51.3. The van der Waals surface area contributed by atoms with E-state index in [1.807, 2.05) is 0 Å². The first kappa shape index (κ1) is 15.5. The standard InChI is InChI=1S/C16H17BrO6/c17-11-4-2-8-5-10(3-1-9(8)6-11)16(22)15(21)14(20)13(19)12(7-18)23-16/h1-6,12-15,18-22H,7H2/t12-,13+,14+,15-,16?/m1/s1/i5D. The van der Waals surface area contributed by atoms with Gasteiger partial charge in [0.05, 0.1) is 7.98 Å². The van der Waals surface area contributed by atoms with Crippen molar-refractivity contribution in [1.82, 2.24) is 0 Å². The third-order valence-electron chi connectivity index (χ3n) is 4.06. The van der Waals surface area contributed by atoms with E-state index >= 15 is 0 Å². The van der Waals surface area contributed by atoms with Gasteiger partial charge in [0.1, 0.15) is 24.4 Å². The number of ether oxygens (including phenoxy) is 1. The van der Waals surface area contributed by atoms with E-state index in [1.54, 1.807) is 24.3 Å². The van der Waals surface area contributed by atoms with E-state index < -0.39 is 36.8 Å². The summed E-state index contributed by atoms with van der Waals surface area (Å²) in [6.45, 7) is -0.666. The van der Waals surface area contributed by atoms with Crippen LogP contribution in [0.5, 0.6) is 0 Å². The molecular weight excluding hydrogens is 368 g/mol. The molecule has 7 heteroatoms. The summed E-state index contributed by atoms with van der Waals surface area (Å²) in [4.78, 5) is 0. The first-order valence-corrected chi connectivity index (χ1v) is 7.83. The predicted octanol–water partition coefficient (Wildman–Crippen LogP) is 0.221. The van der Waals surface area contributed by atoms with Crippen LogP contribution < -0.4 is 0 Å². The largest absolute Gasteiger partial charge is 0.394 e. The highest BCUT2D eigenvalue weighted by molar-refractivity contribution is 9.10. The van der Waals surface area contributed by atoms with E-state index in [9.17, 15) is 25.5 Å². The molecule has 1 aliphatic heterocycles. The highest BCUT2D eigenvalue weighted by Gasteiger charge is 2.53. The summed E-state index contributed by atoms with van der Waals surface area (Å²) >= 11 is 3.34. The molecule has 1 heterocycles. The Kier molecular flexibility index (Phi) is 4.10. The molecule has 2 aromatic rings. The van der Waals surface area contributed by atoms with Crippen molar-refractivity contribution in [1.29, 1.82) is 0 Å². The van der Waals surface area contributed by atoms with Gasteiger partial charge >= 0.3 is 0 Å². The summed E-state index contributed by atoms with van der Waals surface area (Å²) in [5.74, 6) is -2.43. The van der Waals surface area contributed by atoms with Crippen LogP contribution in [0.25, 0.3) is 10.8 Å². The second-order valence-electron chi connectivity index (χ2n) is 5.56. The number of rotatable bonds is 2. The third-order valence-corrected chi connectivity index (χ3v) is 4.56. The van der Waals surface area contributed by atoms with Crippen molar-refractivity contribution in [2.45, 2.75) is 30.2 Å². The van der Waals surface area contributed by atoms with Crippen LogP contribution in [0.4, 0.5) is 0 Å². The van der Waals surface area contributed by atoms with Gasteiger partial charge in [-0.05, 0) is 28.9 Å². The van der Waals surface area contributed by atoms with Crippen LogP contribution in [0.1, 0.15) is 6.93 Å². The average molecular weight is 386 g/mol. The Morgan fingerprint density at radius 1 is 1.13 bits per heavy atom. The van der Waals surface area contributed by atoms with Gasteiger partial charge in [-0.3, -0.25) is 0 Å². The molecule has 0 radical (unpaired) electrons. The third kappa shape index (κ3) is 2.78. The molecule has 0 spiro atoms. The van der Waals surface area contributed by atoms with Crippen LogP contribution in [0.2, 0.25) is 0 Å². The number of fused-ring (bicyclic) bond motifs is 1. The molecule has 0 saturated carbocycles. The first-order chi connectivity index (χ1) is 11.3. The molecule has 2 aromatic carbocycles. The molecule has 5 N–H and O–H groups in total. The van der Waals surface area contributed by atoms with E-state index in [0.717, 1.165) is 9.86 Å². The lowest BCUT2D eigenvalue weighted by molar-refractivity contribution is -0.357. The van der Waals surface area contributed by atoms with Gasteiger partial charge < -0.3 is 30.3 Å². The number of aliphatic hydroxyl groups excluding tert-OH is 4. The fourth-order valence-corrected chi connectivity index (χ4v) is 3.11. The van der Waals surface area contributed by atoms with E-state index in [4.69, 9.17) is 6.11 Å². The molecule has 0 bridgehead atoms. The van der Waals surface area contributed by atoms with Crippen LogP contribution >= 0.6 is 15.9 Å². The maximum Gasteiger partial charge on any atom is 0.222 e. The topological polar surface area (TPSA) is 110 Å². The SMILES string of the molecule is [2H]c1c(C2(O)O[C@H](CO)[C@H](O)[C@H](O)[C@H]2O)ccc2cc(Br)ccc12. The molecule has 0 aliphatic carbocycles. The summed E-state index contributed by atoms with van der Waals surface area (Å²) in [6.07, 6.45) is -6.47. The number of benzene rings is 2. The normalized spacial score (nSPS) is 35.3. The average Bonchev–Trinajstić information content (AvgIpc) is 2.56. The molecular formula is C16H17BrO6. The van der Waals surface area contributed by atoms with Gasteiger partial charge in [-0.2, -0.15) is 0 Å². The molecule has 5 atom stereocenters. The minimum atomic E-state index is -2.43. The number of hydrogen-bond donors (Lipinski definition) is 5. The van der Waals surface area contributed by atoms with Crippen molar-refractivity contribution in [3.8, 4) is 0 Å². The lowest BCUT2D eigenvalue weighted by Gasteiger charge is -2.45. The highest BCUT2D eigenvalue weighted by atomic mass is 79.9. The van der Waals surface area contributed by atoms with Crippen LogP contribution in [0.3, 0.4) is 0 Å². The van der Waals surface area contributed by atoms with Gasteiger partial charge in [-0.25, -0.2) is 0 Å². The van der Waals surface area contributed by atoms with Gasteiger partial charge in [0, 0.05) is 10.0 Å². The highest BCUT2D eigenvalue weighted by Crippen LogP contribution is 2.37. The van der Waals surface area contributed by atoms with E-state index in [0.29, 0.717) is 5.39 Å². The van der Waals surface area contributed by atoms with Crippen LogP contribution in [-0.2, 0) is 10.5 Å². The van der Waals surface area contributed by atoms with Crippen molar-refractivity contribution in [2.24, 2.45) is 0 Å². The van der Waals surface area contributed by atoms with Crippen LogP contribution in [0, 0.1) is 0 Å². The van der Waals surface area contributed by atoms with Crippen molar-refractivity contribution >= 4 is 26.7 Å². The Labute approximate surface area is 142 Å². The summed E-state index contributed by atoms with van der Waals surface area (Å²) in [6, 6.07) is 8.20. The molecule has 1 saturated heterocycles. The molecule has 1 aliphatic rings. The Balaban J connectivity index is 2.14. The Morgan fingerprint density at radius 2 is 1.83 bits per heavy atom. The Hall–Kier alpha value is -1.06. The summed E-state index contributed by atoms with van der Waals surface area (Å²) in [5.41, 5.74) is -0.0609. The molecule has 6 nitrogen and oxygen atoms in total. The molecule has 23 heavy (non-hydrogen) atoms. The predicted molar refractivity (Wildman–Crippen MR) is 85.5 cm³/mol. The molecule has 1 unspecified atom stereocenters. The van der Waals surface area contributed by atoms with E-state index in [1.165, 1.54) is 6.07 Å². The maximum absolute atomic E-state index is 10.8. The second kappa shape index (κ2) is 6.10. The van der Waals surface area contributed by atoms with Crippen molar-refractivity contribution in [2.75, 3.05) is 6.61 Å². The molecule has 3 rings (SSSR count). The zero-order chi connectivity index (χ0) is 17.6. The maximum atomic E-state index is 10.8. The Bertz CT molecular complexity index is 770. The fraction of sp³-hybridized carbons (Fsp3) is 0.375. The molecule has 0 amide bonds.